The molecule has 0 spiro atoms. The number of anilines is 1. The van der Waals surface area contributed by atoms with Crippen LogP contribution < -0.4 is 24.4 Å². The molecule has 3 aromatic rings. The lowest BCUT2D eigenvalue weighted by Crippen LogP contribution is -2.49. The molecule has 1 unspecified atom stereocenters. The molecule has 2 aromatic carbocycles. The van der Waals surface area contributed by atoms with E-state index in [2.05, 4.69) is 27.2 Å². The van der Waals surface area contributed by atoms with Gasteiger partial charge in [0.2, 0.25) is 0 Å². The molecule has 1 saturated heterocycles. The van der Waals surface area contributed by atoms with E-state index in [0.717, 1.165) is 37.7 Å². The fourth-order valence-electron chi connectivity index (χ4n) is 4.25. The third kappa shape index (κ3) is 5.28. The molecule has 8 nitrogen and oxygen atoms in total. The lowest BCUT2D eigenvalue weighted by Gasteiger charge is -2.39. The third-order valence-corrected chi connectivity index (χ3v) is 6.17. The third-order valence-electron chi connectivity index (χ3n) is 6.17. The van der Waals surface area contributed by atoms with Crippen molar-refractivity contribution in [2.45, 2.75) is 6.04 Å². The molecular weight excluding hydrogens is 434 g/mol. The van der Waals surface area contributed by atoms with Crippen LogP contribution in [0, 0.1) is 0 Å². The van der Waals surface area contributed by atoms with Crippen molar-refractivity contribution in [3.05, 3.63) is 72.2 Å². The van der Waals surface area contributed by atoms with Gasteiger partial charge in [0.1, 0.15) is 23.0 Å². The quantitative estimate of drug-likeness (QED) is 0.517. The van der Waals surface area contributed by atoms with Gasteiger partial charge < -0.3 is 28.8 Å². The lowest BCUT2D eigenvalue weighted by molar-refractivity contribution is 0.0920. The Morgan fingerprint density at radius 1 is 0.941 bits per heavy atom. The molecule has 1 aromatic heterocycles. The average molecular weight is 466 g/mol. The van der Waals surface area contributed by atoms with E-state index < -0.39 is 0 Å². The number of rotatable bonds is 9. The first kappa shape index (κ1) is 23.5. The maximum Gasteiger partial charge on any atom is 0.255 e. The second-order valence-electron chi connectivity index (χ2n) is 8.03. The summed E-state index contributed by atoms with van der Waals surface area (Å²) in [6, 6.07) is 17.1. The van der Waals surface area contributed by atoms with E-state index >= 15 is 0 Å². The number of ether oxygens (including phenoxy) is 3. The first-order chi connectivity index (χ1) is 16.6. The maximum absolute atomic E-state index is 13.0. The normalized spacial score (nSPS) is 15.0. The number of hydrogen-bond donors (Lipinski definition) is 1. The van der Waals surface area contributed by atoms with Crippen molar-refractivity contribution in [1.82, 2.24) is 10.2 Å². The topological polar surface area (TPSA) is 76.4 Å². The predicted molar refractivity (Wildman–Crippen MR) is 130 cm³/mol. The van der Waals surface area contributed by atoms with E-state index in [0.29, 0.717) is 23.6 Å². The number of benzene rings is 2. The van der Waals surface area contributed by atoms with Crippen LogP contribution in [-0.4, -0.2) is 64.9 Å². The standard InChI is InChI=1S/C26H31N3O5/c1-31-20-8-6-19(7-9-20)28-12-14-29(15-13-28)23(24-5-4-16-34-24)18-27-26(30)22-11-10-21(32-2)17-25(22)33-3/h4-11,16-17,23H,12-15,18H2,1-3H3,(H,27,30). The fourth-order valence-corrected chi connectivity index (χ4v) is 4.25. The smallest absolute Gasteiger partial charge is 0.255 e. The minimum Gasteiger partial charge on any atom is -0.497 e. The highest BCUT2D eigenvalue weighted by Gasteiger charge is 2.28. The molecule has 180 valence electrons. The average Bonchev–Trinajstić information content (AvgIpc) is 3.43. The SMILES string of the molecule is COc1ccc(N2CCN(C(CNC(=O)c3ccc(OC)cc3OC)c3ccco3)CC2)cc1. The number of methoxy groups -OCH3 is 3. The second kappa shape index (κ2) is 11.0. The van der Waals surface area contributed by atoms with Crippen LogP contribution in [0.3, 0.4) is 0 Å². The number of carbonyl (C=O) groups excluding carboxylic acids is 1. The van der Waals surface area contributed by atoms with Crippen LogP contribution in [0.1, 0.15) is 22.2 Å². The summed E-state index contributed by atoms with van der Waals surface area (Å²) < 4.78 is 21.6. The Balaban J connectivity index is 1.41. The zero-order valence-corrected chi connectivity index (χ0v) is 19.8. The van der Waals surface area contributed by atoms with E-state index in [1.807, 2.05) is 24.3 Å². The number of amides is 1. The highest BCUT2D eigenvalue weighted by atomic mass is 16.5. The van der Waals surface area contributed by atoms with Crippen molar-refractivity contribution < 1.29 is 23.4 Å². The summed E-state index contributed by atoms with van der Waals surface area (Å²) in [7, 11) is 4.79. The molecule has 4 rings (SSSR count). The molecule has 1 fully saturated rings. The highest BCUT2D eigenvalue weighted by molar-refractivity contribution is 5.97. The predicted octanol–water partition coefficient (Wildman–Crippen LogP) is 3.60. The zero-order chi connectivity index (χ0) is 23.9. The van der Waals surface area contributed by atoms with Crippen molar-refractivity contribution in [3.63, 3.8) is 0 Å². The summed E-state index contributed by atoms with van der Waals surface area (Å²) in [5, 5.41) is 3.06. The minimum atomic E-state index is -0.201. The minimum absolute atomic E-state index is 0.0683. The number of carbonyl (C=O) groups is 1. The number of furan rings is 1. The molecule has 1 atom stereocenters. The van der Waals surface area contributed by atoms with Gasteiger partial charge in [0, 0.05) is 44.5 Å². The largest absolute Gasteiger partial charge is 0.497 e. The number of hydrogen-bond acceptors (Lipinski definition) is 7. The van der Waals surface area contributed by atoms with Crippen molar-refractivity contribution >= 4 is 11.6 Å². The van der Waals surface area contributed by atoms with Crippen LogP contribution in [0.5, 0.6) is 17.2 Å². The fraction of sp³-hybridized carbons (Fsp3) is 0.346. The molecule has 0 aliphatic carbocycles. The van der Waals surface area contributed by atoms with E-state index in [1.54, 1.807) is 45.8 Å². The van der Waals surface area contributed by atoms with Crippen LogP contribution in [-0.2, 0) is 0 Å². The summed E-state index contributed by atoms with van der Waals surface area (Å²) >= 11 is 0. The molecule has 0 radical (unpaired) electrons. The first-order valence-corrected chi connectivity index (χ1v) is 11.3. The Bertz CT molecular complexity index is 1060. The molecule has 1 aliphatic heterocycles. The van der Waals surface area contributed by atoms with Gasteiger partial charge in [-0.2, -0.15) is 0 Å². The summed E-state index contributed by atoms with van der Waals surface area (Å²) in [6.45, 7) is 3.87. The first-order valence-electron chi connectivity index (χ1n) is 11.3. The van der Waals surface area contributed by atoms with E-state index in [4.69, 9.17) is 18.6 Å². The van der Waals surface area contributed by atoms with Gasteiger partial charge in [0.05, 0.1) is 39.2 Å². The van der Waals surface area contributed by atoms with Crippen LogP contribution in [0.2, 0.25) is 0 Å². The van der Waals surface area contributed by atoms with Gasteiger partial charge in [-0.05, 0) is 48.5 Å². The molecular formula is C26H31N3O5. The molecule has 0 bridgehead atoms. The lowest BCUT2D eigenvalue weighted by atomic mass is 10.1. The monoisotopic (exact) mass is 465 g/mol. The number of piperazine rings is 1. The van der Waals surface area contributed by atoms with Gasteiger partial charge in [0.25, 0.3) is 5.91 Å². The zero-order valence-electron chi connectivity index (χ0n) is 19.8. The van der Waals surface area contributed by atoms with Crippen molar-refractivity contribution in [1.29, 1.82) is 0 Å². The van der Waals surface area contributed by atoms with Crippen molar-refractivity contribution in [3.8, 4) is 17.2 Å². The Labute approximate surface area is 200 Å². The van der Waals surface area contributed by atoms with Crippen LogP contribution in [0.4, 0.5) is 5.69 Å². The van der Waals surface area contributed by atoms with E-state index in [1.165, 1.54) is 5.69 Å². The number of nitrogens with one attached hydrogen (secondary N) is 1. The van der Waals surface area contributed by atoms with Gasteiger partial charge >= 0.3 is 0 Å². The maximum atomic E-state index is 13.0. The Morgan fingerprint density at radius 2 is 1.65 bits per heavy atom. The highest BCUT2D eigenvalue weighted by Crippen LogP contribution is 2.27. The Kier molecular flexibility index (Phi) is 7.59. The molecule has 1 amide bonds. The van der Waals surface area contributed by atoms with Crippen LogP contribution in [0.15, 0.2) is 65.3 Å². The van der Waals surface area contributed by atoms with Crippen LogP contribution in [0.25, 0.3) is 0 Å². The Morgan fingerprint density at radius 3 is 2.26 bits per heavy atom. The summed E-state index contributed by atoms with van der Waals surface area (Å²) in [5.74, 6) is 2.59. The summed E-state index contributed by atoms with van der Waals surface area (Å²) in [4.78, 5) is 17.7. The summed E-state index contributed by atoms with van der Waals surface area (Å²) in [5.41, 5.74) is 1.64. The summed E-state index contributed by atoms with van der Waals surface area (Å²) in [6.07, 6.45) is 1.67. The van der Waals surface area contributed by atoms with Gasteiger partial charge in [-0.15, -0.1) is 0 Å². The van der Waals surface area contributed by atoms with Crippen molar-refractivity contribution in [2.75, 3.05) is 59.0 Å². The Hall–Kier alpha value is -3.65. The van der Waals surface area contributed by atoms with Crippen molar-refractivity contribution in [2.24, 2.45) is 0 Å². The molecule has 2 heterocycles. The molecule has 1 N–H and O–H groups in total. The molecule has 34 heavy (non-hydrogen) atoms. The molecule has 1 aliphatic rings. The van der Waals surface area contributed by atoms with E-state index in [9.17, 15) is 4.79 Å². The molecule has 8 heteroatoms. The van der Waals surface area contributed by atoms with Gasteiger partial charge in [-0.25, -0.2) is 0 Å². The number of nitrogens with zero attached hydrogens (tertiary/aromatic N) is 2. The second-order valence-corrected chi connectivity index (χ2v) is 8.03. The van der Waals surface area contributed by atoms with Gasteiger partial charge in [-0.3, -0.25) is 9.69 Å². The van der Waals surface area contributed by atoms with E-state index in [-0.39, 0.29) is 11.9 Å². The van der Waals surface area contributed by atoms with Gasteiger partial charge in [0.15, 0.2) is 0 Å². The molecule has 0 saturated carbocycles. The van der Waals surface area contributed by atoms with Gasteiger partial charge in [-0.1, -0.05) is 0 Å². The van der Waals surface area contributed by atoms with Crippen LogP contribution >= 0.6 is 0 Å².